The third-order valence-corrected chi connectivity index (χ3v) is 4.28. The summed E-state index contributed by atoms with van der Waals surface area (Å²) >= 11 is 0. The van der Waals surface area contributed by atoms with Crippen LogP contribution in [0.5, 0.6) is 0 Å². The number of nitrogens with zero attached hydrogens (tertiary/aromatic N) is 3. The van der Waals surface area contributed by atoms with E-state index in [0.717, 1.165) is 11.1 Å². The van der Waals surface area contributed by atoms with Crippen molar-refractivity contribution in [3.05, 3.63) is 48.2 Å². The highest BCUT2D eigenvalue weighted by molar-refractivity contribution is 6.00. The molecule has 0 radical (unpaired) electrons. The summed E-state index contributed by atoms with van der Waals surface area (Å²) in [7, 11) is 0. The van der Waals surface area contributed by atoms with E-state index in [1.807, 2.05) is 24.3 Å². The van der Waals surface area contributed by atoms with Crippen molar-refractivity contribution in [1.82, 2.24) is 10.3 Å². The molecule has 0 spiro atoms. The van der Waals surface area contributed by atoms with Crippen molar-refractivity contribution >= 4 is 17.8 Å². The van der Waals surface area contributed by atoms with E-state index in [0.29, 0.717) is 24.3 Å². The maximum atomic E-state index is 12.6. The highest BCUT2D eigenvalue weighted by atomic mass is 16.6. The van der Waals surface area contributed by atoms with Gasteiger partial charge in [0.2, 0.25) is 0 Å². The van der Waals surface area contributed by atoms with Crippen LogP contribution in [0, 0.1) is 11.3 Å². The van der Waals surface area contributed by atoms with Gasteiger partial charge >= 0.3 is 6.09 Å². The molecule has 2 heterocycles. The molecule has 0 aliphatic carbocycles. The quantitative estimate of drug-likeness (QED) is 0.884. The summed E-state index contributed by atoms with van der Waals surface area (Å²) in [6.45, 7) is 5.77. The molecule has 1 aromatic carbocycles. The van der Waals surface area contributed by atoms with Crippen LogP contribution in [-0.2, 0) is 9.53 Å². The lowest BCUT2D eigenvalue weighted by Gasteiger charge is -2.21. The number of amides is 2. The summed E-state index contributed by atoms with van der Waals surface area (Å²) in [5.74, 6) is 0.292. The molecule has 2 amide bonds. The van der Waals surface area contributed by atoms with Crippen molar-refractivity contribution in [3.63, 3.8) is 0 Å². The van der Waals surface area contributed by atoms with Gasteiger partial charge < -0.3 is 10.1 Å². The molecule has 1 aromatic heterocycles. The zero-order valence-corrected chi connectivity index (χ0v) is 16.1. The maximum absolute atomic E-state index is 12.6. The second-order valence-electron chi connectivity index (χ2n) is 7.54. The topological polar surface area (TPSA) is 95.3 Å². The molecule has 7 heteroatoms. The van der Waals surface area contributed by atoms with Crippen LogP contribution in [0.4, 0.5) is 10.6 Å². The Morgan fingerprint density at radius 1 is 1.29 bits per heavy atom. The Bertz CT molecular complexity index is 926. The van der Waals surface area contributed by atoms with Crippen molar-refractivity contribution < 1.29 is 14.3 Å². The number of pyridine rings is 1. The number of nitriles is 1. The minimum atomic E-state index is -0.629. The second-order valence-corrected chi connectivity index (χ2v) is 7.54. The van der Waals surface area contributed by atoms with E-state index in [4.69, 9.17) is 4.74 Å². The summed E-state index contributed by atoms with van der Waals surface area (Å²) in [5.41, 5.74) is 1.54. The molecule has 7 nitrogen and oxygen atoms in total. The number of aromatic nitrogens is 1. The molecule has 1 N–H and O–H groups in total. The average Bonchev–Trinajstić information content (AvgIpc) is 3.00. The SMILES string of the molecule is CC(C)(C)OC(=O)N[C@H]1CCN(c2ccc(-c3ccccc3C#N)cn2)C1=O. The summed E-state index contributed by atoms with van der Waals surface area (Å²) in [4.78, 5) is 30.5. The highest BCUT2D eigenvalue weighted by Gasteiger charge is 2.35. The molecule has 3 rings (SSSR count). The third-order valence-electron chi connectivity index (χ3n) is 4.28. The predicted octanol–water partition coefficient (Wildman–Crippen LogP) is 3.25. The van der Waals surface area contributed by atoms with E-state index in [9.17, 15) is 14.9 Å². The molecule has 1 fully saturated rings. The van der Waals surface area contributed by atoms with Crippen LogP contribution in [0.1, 0.15) is 32.8 Å². The van der Waals surface area contributed by atoms with Crippen LogP contribution in [-0.4, -0.2) is 35.2 Å². The van der Waals surface area contributed by atoms with Gasteiger partial charge in [0.15, 0.2) is 0 Å². The molecular weight excluding hydrogens is 356 g/mol. The fourth-order valence-electron chi connectivity index (χ4n) is 3.03. The first-order valence-electron chi connectivity index (χ1n) is 9.05. The van der Waals surface area contributed by atoms with Crippen molar-refractivity contribution in [3.8, 4) is 17.2 Å². The Morgan fingerprint density at radius 2 is 2.04 bits per heavy atom. The maximum Gasteiger partial charge on any atom is 0.408 e. The van der Waals surface area contributed by atoms with Crippen LogP contribution in [0.25, 0.3) is 11.1 Å². The molecule has 1 aliphatic heterocycles. The normalized spacial score (nSPS) is 16.6. The average molecular weight is 378 g/mol. The summed E-state index contributed by atoms with van der Waals surface area (Å²) in [6, 6.07) is 12.4. The predicted molar refractivity (Wildman–Crippen MR) is 105 cm³/mol. The minimum absolute atomic E-state index is 0.219. The van der Waals surface area contributed by atoms with Gasteiger partial charge in [0.25, 0.3) is 5.91 Å². The third kappa shape index (κ3) is 4.29. The van der Waals surface area contributed by atoms with Crippen molar-refractivity contribution in [2.45, 2.75) is 38.8 Å². The van der Waals surface area contributed by atoms with E-state index in [-0.39, 0.29) is 5.91 Å². The van der Waals surface area contributed by atoms with Crippen molar-refractivity contribution in [2.24, 2.45) is 0 Å². The van der Waals surface area contributed by atoms with Gasteiger partial charge in [-0.05, 0) is 45.4 Å². The van der Waals surface area contributed by atoms with E-state index in [2.05, 4.69) is 16.4 Å². The number of anilines is 1. The lowest BCUT2D eigenvalue weighted by atomic mass is 10.0. The molecular formula is C21H22N4O3. The van der Waals surface area contributed by atoms with Gasteiger partial charge in [-0.25, -0.2) is 9.78 Å². The fraction of sp³-hybridized carbons (Fsp3) is 0.333. The van der Waals surface area contributed by atoms with Crippen molar-refractivity contribution in [1.29, 1.82) is 5.26 Å². The number of rotatable bonds is 3. The Labute approximate surface area is 163 Å². The number of hydrogen-bond donors (Lipinski definition) is 1. The zero-order valence-electron chi connectivity index (χ0n) is 16.1. The van der Waals surface area contributed by atoms with Crippen LogP contribution in [0.2, 0.25) is 0 Å². The number of carbonyl (C=O) groups is 2. The van der Waals surface area contributed by atoms with Gasteiger partial charge in [0.05, 0.1) is 11.6 Å². The number of ether oxygens (including phenoxy) is 1. The fourth-order valence-corrected chi connectivity index (χ4v) is 3.03. The van der Waals surface area contributed by atoms with Gasteiger partial charge in [0, 0.05) is 23.9 Å². The Kier molecular flexibility index (Phi) is 5.32. The molecule has 1 saturated heterocycles. The monoisotopic (exact) mass is 378 g/mol. The first-order valence-corrected chi connectivity index (χ1v) is 9.05. The number of hydrogen-bond acceptors (Lipinski definition) is 5. The molecule has 0 bridgehead atoms. The van der Waals surface area contributed by atoms with Gasteiger partial charge in [-0.3, -0.25) is 9.69 Å². The molecule has 1 aliphatic rings. The standard InChI is InChI=1S/C21H22N4O3/c1-21(2,3)28-20(27)24-17-10-11-25(19(17)26)18-9-8-15(13-23-18)16-7-5-4-6-14(16)12-22/h4-9,13,17H,10-11H2,1-3H3,(H,24,27)/t17-/m0/s1. The summed E-state index contributed by atoms with van der Waals surface area (Å²) < 4.78 is 5.21. The van der Waals surface area contributed by atoms with Crippen LogP contribution < -0.4 is 10.2 Å². The highest BCUT2D eigenvalue weighted by Crippen LogP contribution is 2.26. The van der Waals surface area contributed by atoms with E-state index >= 15 is 0 Å². The number of alkyl carbamates (subject to hydrolysis) is 1. The minimum Gasteiger partial charge on any atom is -0.444 e. The largest absolute Gasteiger partial charge is 0.444 e. The van der Waals surface area contributed by atoms with Gasteiger partial charge in [-0.15, -0.1) is 0 Å². The molecule has 1 atom stereocenters. The second kappa shape index (κ2) is 7.69. The smallest absolute Gasteiger partial charge is 0.408 e. The lowest BCUT2D eigenvalue weighted by Crippen LogP contribution is -2.43. The van der Waals surface area contributed by atoms with E-state index in [1.54, 1.807) is 44.0 Å². The van der Waals surface area contributed by atoms with E-state index in [1.165, 1.54) is 0 Å². The van der Waals surface area contributed by atoms with E-state index < -0.39 is 17.7 Å². The first kappa shape index (κ1) is 19.4. The van der Waals surface area contributed by atoms with Crippen LogP contribution >= 0.6 is 0 Å². The first-order chi connectivity index (χ1) is 13.3. The van der Waals surface area contributed by atoms with Crippen LogP contribution in [0.15, 0.2) is 42.6 Å². The summed E-state index contributed by atoms with van der Waals surface area (Å²) in [6.07, 6.45) is 1.52. The number of carbonyl (C=O) groups excluding carboxylic acids is 2. The Balaban J connectivity index is 1.71. The van der Waals surface area contributed by atoms with Crippen molar-refractivity contribution in [2.75, 3.05) is 11.4 Å². The lowest BCUT2D eigenvalue weighted by molar-refractivity contribution is -0.118. The number of nitrogens with one attached hydrogen (secondary N) is 1. The van der Waals surface area contributed by atoms with Gasteiger partial charge in [0.1, 0.15) is 17.5 Å². The van der Waals surface area contributed by atoms with Crippen LogP contribution in [0.3, 0.4) is 0 Å². The molecule has 0 saturated carbocycles. The van der Waals surface area contributed by atoms with Gasteiger partial charge in [-0.1, -0.05) is 18.2 Å². The Hall–Kier alpha value is -3.40. The molecule has 28 heavy (non-hydrogen) atoms. The Morgan fingerprint density at radius 3 is 2.68 bits per heavy atom. The number of benzene rings is 1. The molecule has 2 aromatic rings. The zero-order chi connectivity index (χ0) is 20.3. The van der Waals surface area contributed by atoms with Gasteiger partial charge in [-0.2, -0.15) is 5.26 Å². The molecule has 0 unspecified atom stereocenters. The summed E-state index contributed by atoms with van der Waals surface area (Å²) in [5, 5.41) is 11.9. The molecule has 144 valence electrons.